The van der Waals surface area contributed by atoms with Gasteiger partial charge in [-0.05, 0) is 71.3 Å². The van der Waals surface area contributed by atoms with Crippen molar-refractivity contribution in [1.82, 2.24) is 0 Å². The fraction of sp³-hybridized carbons (Fsp3) is 0.591. The summed E-state index contributed by atoms with van der Waals surface area (Å²) in [5.41, 5.74) is 7.26. The van der Waals surface area contributed by atoms with Crippen LogP contribution in [0.3, 0.4) is 0 Å². The van der Waals surface area contributed by atoms with Gasteiger partial charge in [0.15, 0.2) is 0 Å². The Morgan fingerprint density at radius 3 is 2.22 bits per heavy atom. The zero-order chi connectivity index (χ0) is 17.3. The Balaban J connectivity index is 2.68. The first-order chi connectivity index (χ1) is 10.7. The molecular formula is C22H31N. The largest absolute Gasteiger partial charge is 0.193 e. The van der Waals surface area contributed by atoms with Gasteiger partial charge in [-0.2, -0.15) is 5.26 Å². The highest BCUT2D eigenvalue weighted by Gasteiger charge is 2.37. The summed E-state index contributed by atoms with van der Waals surface area (Å²) in [7, 11) is 0. The molecule has 1 aromatic rings. The second-order valence-corrected chi connectivity index (χ2v) is 8.38. The van der Waals surface area contributed by atoms with Gasteiger partial charge in [-0.1, -0.05) is 53.2 Å². The lowest BCUT2D eigenvalue weighted by Gasteiger charge is -2.42. The first-order valence-corrected chi connectivity index (χ1v) is 8.97. The van der Waals surface area contributed by atoms with Crippen molar-refractivity contribution in [3.8, 4) is 6.07 Å². The van der Waals surface area contributed by atoms with Crippen LogP contribution in [0.1, 0.15) is 89.5 Å². The molecule has 1 aliphatic rings. The molecule has 0 bridgehead atoms. The van der Waals surface area contributed by atoms with Crippen molar-refractivity contribution in [2.45, 2.75) is 84.5 Å². The van der Waals surface area contributed by atoms with Crippen molar-refractivity contribution in [2.75, 3.05) is 0 Å². The number of hydrogen-bond acceptors (Lipinski definition) is 1. The molecule has 0 amide bonds. The Kier molecular flexibility index (Phi) is 5.04. The highest BCUT2D eigenvalue weighted by molar-refractivity contribution is 5.70. The van der Waals surface area contributed by atoms with Crippen LogP contribution < -0.4 is 0 Å². The Morgan fingerprint density at radius 1 is 1.13 bits per heavy atom. The first kappa shape index (κ1) is 17.8. The van der Waals surface area contributed by atoms with Crippen molar-refractivity contribution in [1.29, 1.82) is 5.26 Å². The minimum absolute atomic E-state index is 0.218. The third-order valence-corrected chi connectivity index (χ3v) is 5.58. The minimum Gasteiger partial charge on any atom is -0.193 e. The van der Waals surface area contributed by atoms with Gasteiger partial charge in [-0.15, -0.1) is 0 Å². The molecule has 1 nitrogen and oxygen atoms in total. The van der Waals surface area contributed by atoms with E-state index in [0.29, 0.717) is 0 Å². The van der Waals surface area contributed by atoms with E-state index in [0.717, 1.165) is 12.0 Å². The quantitative estimate of drug-likeness (QED) is 0.598. The summed E-state index contributed by atoms with van der Waals surface area (Å²) in [6.07, 6.45) is 7.67. The molecule has 1 heteroatoms. The molecule has 23 heavy (non-hydrogen) atoms. The number of rotatable bonds is 4. The van der Waals surface area contributed by atoms with Crippen LogP contribution in [0.2, 0.25) is 0 Å². The zero-order valence-electron chi connectivity index (χ0n) is 15.7. The highest BCUT2D eigenvalue weighted by atomic mass is 14.4. The van der Waals surface area contributed by atoms with E-state index in [1.54, 1.807) is 6.08 Å². The van der Waals surface area contributed by atoms with Crippen LogP contribution >= 0.6 is 0 Å². The van der Waals surface area contributed by atoms with E-state index in [1.807, 2.05) is 0 Å². The number of allylic oxidation sites excluding steroid dienone is 2. The molecule has 0 N–H and O–H groups in total. The highest BCUT2D eigenvalue weighted by Crippen LogP contribution is 2.47. The van der Waals surface area contributed by atoms with E-state index in [4.69, 9.17) is 5.26 Å². The van der Waals surface area contributed by atoms with Gasteiger partial charge in [-0.25, -0.2) is 0 Å². The van der Waals surface area contributed by atoms with E-state index in [9.17, 15) is 0 Å². The summed E-state index contributed by atoms with van der Waals surface area (Å²) >= 11 is 0. The Bertz CT molecular complexity index is 653. The van der Waals surface area contributed by atoms with E-state index in [1.165, 1.54) is 47.9 Å². The Labute approximate surface area is 142 Å². The van der Waals surface area contributed by atoms with Crippen LogP contribution in [0.5, 0.6) is 0 Å². The normalized spacial score (nSPS) is 19.1. The van der Waals surface area contributed by atoms with Gasteiger partial charge in [0.25, 0.3) is 0 Å². The molecule has 0 spiro atoms. The van der Waals surface area contributed by atoms with Crippen LogP contribution in [-0.2, 0) is 17.3 Å². The monoisotopic (exact) mass is 309 g/mol. The van der Waals surface area contributed by atoms with Gasteiger partial charge in [0.1, 0.15) is 0 Å². The maximum Gasteiger partial charge on any atom is 0.0915 e. The van der Waals surface area contributed by atoms with Crippen molar-refractivity contribution in [3.05, 3.63) is 40.5 Å². The van der Waals surface area contributed by atoms with Crippen molar-refractivity contribution < 1.29 is 0 Å². The lowest BCUT2D eigenvalue weighted by Crippen LogP contribution is -2.34. The molecule has 0 saturated carbocycles. The van der Waals surface area contributed by atoms with E-state index in [2.05, 4.69) is 59.7 Å². The predicted octanol–water partition coefficient (Wildman–Crippen LogP) is 6.31. The minimum atomic E-state index is 0.218. The van der Waals surface area contributed by atoms with Crippen molar-refractivity contribution in [2.24, 2.45) is 0 Å². The second kappa shape index (κ2) is 6.52. The molecule has 0 radical (unpaired) electrons. The number of unbranched alkanes of at least 4 members (excludes halogenated alkanes) is 1. The summed E-state index contributed by atoms with van der Waals surface area (Å²) < 4.78 is 0. The molecule has 0 atom stereocenters. The summed E-state index contributed by atoms with van der Waals surface area (Å²) in [6.45, 7) is 13.8. The maximum absolute atomic E-state index is 9.06. The van der Waals surface area contributed by atoms with E-state index < -0.39 is 0 Å². The molecule has 0 fully saturated rings. The van der Waals surface area contributed by atoms with Crippen molar-refractivity contribution >= 4 is 5.57 Å². The number of benzene rings is 1. The third-order valence-electron chi connectivity index (χ3n) is 5.58. The number of fused-ring (bicyclic) bond motifs is 1. The molecule has 0 aromatic heterocycles. The van der Waals surface area contributed by atoms with Gasteiger partial charge in [-0.3, -0.25) is 0 Å². The van der Waals surface area contributed by atoms with Gasteiger partial charge in [0, 0.05) is 6.08 Å². The summed E-state index contributed by atoms with van der Waals surface area (Å²) in [5.74, 6) is 0. The molecule has 0 heterocycles. The smallest absolute Gasteiger partial charge is 0.0915 e. The van der Waals surface area contributed by atoms with Gasteiger partial charge in [0.05, 0.1) is 6.07 Å². The number of nitrogens with zero attached hydrogens (tertiary/aromatic N) is 1. The maximum atomic E-state index is 9.06. The standard InChI is InChI=1S/C22H31N/c1-7-8-9-17-14-19-20(15-18(17)16(2)10-13-23)22(5,6)12-11-21(19,3)4/h10,14-15H,7-9,11-12H2,1-6H3. The van der Waals surface area contributed by atoms with Gasteiger partial charge >= 0.3 is 0 Å². The van der Waals surface area contributed by atoms with Crippen LogP contribution in [-0.4, -0.2) is 0 Å². The fourth-order valence-corrected chi connectivity index (χ4v) is 3.77. The third kappa shape index (κ3) is 3.52. The fourth-order valence-electron chi connectivity index (χ4n) is 3.77. The number of nitriles is 1. The van der Waals surface area contributed by atoms with Crippen LogP contribution in [0.15, 0.2) is 18.2 Å². The first-order valence-electron chi connectivity index (χ1n) is 8.97. The van der Waals surface area contributed by atoms with Crippen LogP contribution in [0.25, 0.3) is 5.57 Å². The van der Waals surface area contributed by atoms with Gasteiger partial charge < -0.3 is 0 Å². The average molecular weight is 309 g/mol. The van der Waals surface area contributed by atoms with E-state index >= 15 is 0 Å². The topological polar surface area (TPSA) is 23.8 Å². The Hall–Kier alpha value is -1.55. The lowest BCUT2D eigenvalue weighted by molar-refractivity contribution is 0.331. The molecule has 1 aromatic carbocycles. The molecular weight excluding hydrogens is 278 g/mol. The van der Waals surface area contributed by atoms with Crippen LogP contribution in [0.4, 0.5) is 0 Å². The summed E-state index contributed by atoms with van der Waals surface area (Å²) in [4.78, 5) is 0. The average Bonchev–Trinajstić information content (AvgIpc) is 2.49. The Morgan fingerprint density at radius 2 is 1.70 bits per heavy atom. The predicted molar refractivity (Wildman–Crippen MR) is 99.6 cm³/mol. The SMILES string of the molecule is CCCCc1cc2c(cc1C(C)=CC#N)C(C)(C)CCC2(C)C. The molecule has 124 valence electrons. The molecule has 2 rings (SSSR count). The van der Waals surface area contributed by atoms with Crippen molar-refractivity contribution in [3.63, 3.8) is 0 Å². The lowest BCUT2D eigenvalue weighted by atomic mass is 9.62. The van der Waals surface area contributed by atoms with Crippen LogP contribution in [0, 0.1) is 11.3 Å². The number of aryl methyl sites for hydroxylation is 1. The molecule has 0 saturated heterocycles. The zero-order valence-corrected chi connectivity index (χ0v) is 15.7. The molecule has 0 aliphatic heterocycles. The van der Waals surface area contributed by atoms with Gasteiger partial charge in [0.2, 0.25) is 0 Å². The summed E-state index contributed by atoms with van der Waals surface area (Å²) in [5, 5.41) is 9.06. The molecule has 1 aliphatic carbocycles. The summed E-state index contributed by atoms with van der Waals surface area (Å²) in [6, 6.07) is 7.05. The number of hydrogen-bond donors (Lipinski definition) is 0. The van der Waals surface area contributed by atoms with E-state index in [-0.39, 0.29) is 10.8 Å². The second-order valence-electron chi connectivity index (χ2n) is 8.38. The molecule has 0 unspecified atom stereocenters.